The molecule has 0 aliphatic carbocycles. The average Bonchev–Trinajstić information content (AvgIpc) is 3.23. The van der Waals surface area contributed by atoms with Crippen molar-refractivity contribution in [2.45, 2.75) is 11.7 Å². The maximum atomic E-state index is 13.1. The van der Waals surface area contributed by atoms with Crippen molar-refractivity contribution < 1.29 is 19.4 Å². The Labute approximate surface area is 179 Å². The molecule has 0 saturated heterocycles. The maximum absolute atomic E-state index is 13.1. The average molecular weight is 443 g/mol. The molecule has 0 amide bonds. The fourth-order valence-electron chi connectivity index (χ4n) is 2.89. The first kappa shape index (κ1) is 20.1. The van der Waals surface area contributed by atoms with Gasteiger partial charge in [-0.05, 0) is 48.5 Å². The lowest BCUT2D eigenvalue weighted by Crippen LogP contribution is -2.24. The van der Waals surface area contributed by atoms with Gasteiger partial charge in [0, 0.05) is 10.6 Å². The van der Waals surface area contributed by atoms with Gasteiger partial charge in [0.1, 0.15) is 5.76 Å². The van der Waals surface area contributed by atoms with Gasteiger partial charge in [0.05, 0.1) is 29.5 Å². The zero-order valence-electron chi connectivity index (χ0n) is 15.4. The summed E-state index contributed by atoms with van der Waals surface area (Å²) in [7, 11) is 0. The van der Waals surface area contributed by atoms with E-state index >= 15 is 0 Å². The number of aromatic nitrogens is 2. The van der Waals surface area contributed by atoms with Crippen LogP contribution in [0, 0.1) is 0 Å². The third-order valence-electron chi connectivity index (χ3n) is 4.41. The molecule has 0 unspecified atom stereocenters. The van der Waals surface area contributed by atoms with E-state index in [2.05, 4.69) is 4.98 Å². The Morgan fingerprint density at radius 1 is 1.13 bits per heavy atom. The Bertz CT molecular complexity index is 1300. The Morgan fingerprint density at radius 2 is 1.97 bits per heavy atom. The number of hydrogen-bond acceptors (Lipinski definition) is 7. The number of ketones is 1. The molecule has 2 aromatic heterocycles. The van der Waals surface area contributed by atoms with E-state index in [4.69, 9.17) is 16.0 Å². The van der Waals surface area contributed by atoms with Gasteiger partial charge in [-0.2, -0.15) is 0 Å². The van der Waals surface area contributed by atoms with Crippen molar-refractivity contribution in [2.75, 3.05) is 5.75 Å². The summed E-state index contributed by atoms with van der Waals surface area (Å²) in [6.07, 6.45) is 1.52. The molecule has 2 aromatic carbocycles. The van der Waals surface area contributed by atoms with Crippen LogP contribution in [0.5, 0.6) is 11.5 Å². The Kier molecular flexibility index (Phi) is 5.52. The number of fused-ring (bicyclic) bond motifs is 1. The molecule has 0 aliphatic heterocycles. The molecular formula is C21H15ClN2O5S. The van der Waals surface area contributed by atoms with Crippen molar-refractivity contribution in [3.8, 4) is 11.5 Å². The number of halogens is 1. The highest BCUT2D eigenvalue weighted by Gasteiger charge is 2.16. The van der Waals surface area contributed by atoms with Crippen LogP contribution in [-0.2, 0) is 6.54 Å². The molecule has 2 N–H and O–H groups in total. The van der Waals surface area contributed by atoms with E-state index < -0.39 is 0 Å². The minimum absolute atomic E-state index is 0.0269. The fraction of sp³-hybridized carbons (Fsp3) is 0.0952. The molecule has 4 rings (SSSR count). The van der Waals surface area contributed by atoms with Gasteiger partial charge < -0.3 is 14.6 Å². The highest BCUT2D eigenvalue weighted by molar-refractivity contribution is 7.99. The monoisotopic (exact) mass is 442 g/mol. The summed E-state index contributed by atoms with van der Waals surface area (Å²) in [6.45, 7) is 0.161. The van der Waals surface area contributed by atoms with Crippen molar-refractivity contribution in [3.05, 3.63) is 81.5 Å². The summed E-state index contributed by atoms with van der Waals surface area (Å²) >= 11 is 7.13. The van der Waals surface area contributed by atoms with Crippen LogP contribution >= 0.6 is 23.4 Å². The number of Topliss-reactive ketones (excluding diaryl/α,β-unsaturated/α-hetero) is 1. The first-order chi connectivity index (χ1) is 14.4. The molecule has 30 heavy (non-hydrogen) atoms. The summed E-state index contributed by atoms with van der Waals surface area (Å²) in [5, 5.41) is 20.2. The second-order valence-corrected chi connectivity index (χ2v) is 7.82. The first-order valence-electron chi connectivity index (χ1n) is 8.83. The van der Waals surface area contributed by atoms with Crippen molar-refractivity contribution >= 4 is 40.0 Å². The molecule has 9 heteroatoms. The van der Waals surface area contributed by atoms with E-state index in [0.29, 0.717) is 26.8 Å². The number of hydrogen-bond donors (Lipinski definition) is 2. The van der Waals surface area contributed by atoms with Crippen molar-refractivity contribution in [1.82, 2.24) is 9.55 Å². The molecular weight excluding hydrogens is 428 g/mol. The van der Waals surface area contributed by atoms with E-state index in [-0.39, 0.29) is 40.7 Å². The second-order valence-electron chi connectivity index (χ2n) is 6.44. The van der Waals surface area contributed by atoms with Crippen LogP contribution in [0.3, 0.4) is 0 Å². The number of phenolic OH excluding ortho intramolecular Hbond substituents is 2. The molecule has 0 radical (unpaired) electrons. The van der Waals surface area contributed by atoms with Gasteiger partial charge in [-0.3, -0.25) is 14.2 Å². The molecule has 0 bridgehead atoms. The van der Waals surface area contributed by atoms with E-state index in [0.717, 1.165) is 11.8 Å². The SMILES string of the molecule is O=C(CSc1nc2cc(Cl)ccc2c(=O)n1Cc1ccco1)c1ccc(O)c(O)c1. The fourth-order valence-corrected chi connectivity index (χ4v) is 3.95. The summed E-state index contributed by atoms with van der Waals surface area (Å²) in [5.41, 5.74) is 0.396. The third-order valence-corrected chi connectivity index (χ3v) is 5.62. The number of phenols is 2. The van der Waals surface area contributed by atoms with E-state index in [1.54, 1.807) is 30.3 Å². The van der Waals surface area contributed by atoms with Crippen molar-refractivity contribution in [2.24, 2.45) is 0 Å². The lowest BCUT2D eigenvalue weighted by molar-refractivity contribution is 0.102. The van der Waals surface area contributed by atoms with Gasteiger partial charge in [0.15, 0.2) is 22.4 Å². The lowest BCUT2D eigenvalue weighted by Gasteiger charge is -2.12. The Morgan fingerprint density at radius 3 is 2.70 bits per heavy atom. The predicted molar refractivity (Wildman–Crippen MR) is 114 cm³/mol. The van der Waals surface area contributed by atoms with Crippen molar-refractivity contribution in [3.63, 3.8) is 0 Å². The van der Waals surface area contributed by atoms with Crippen LogP contribution in [0.1, 0.15) is 16.1 Å². The number of aromatic hydroxyl groups is 2. The van der Waals surface area contributed by atoms with Gasteiger partial charge in [-0.25, -0.2) is 4.98 Å². The normalized spacial score (nSPS) is 11.1. The number of carbonyl (C=O) groups is 1. The number of thioether (sulfide) groups is 1. The Balaban J connectivity index is 1.69. The van der Waals surface area contributed by atoms with Crippen LogP contribution < -0.4 is 5.56 Å². The molecule has 0 saturated carbocycles. The van der Waals surface area contributed by atoms with Crippen LogP contribution in [0.2, 0.25) is 5.02 Å². The number of carbonyl (C=O) groups excluding carboxylic acids is 1. The molecule has 0 fully saturated rings. The zero-order chi connectivity index (χ0) is 21.3. The molecule has 0 spiro atoms. The maximum Gasteiger partial charge on any atom is 0.262 e. The van der Waals surface area contributed by atoms with E-state index in [1.165, 1.54) is 29.0 Å². The van der Waals surface area contributed by atoms with Crippen molar-refractivity contribution in [1.29, 1.82) is 0 Å². The Hall–Kier alpha value is -3.23. The van der Waals surface area contributed by atoms with Crippen LogP contribution in [0.25, 0.3) is 10.9 Å². The molecule has 152 valence electrons. The highest BCUT2D eigenvalue weighted by Crippen LogP contribution is 2.27. The van der Waals surface area contributed by atoms with Crippen LogP contribution in [0.4, 0.5) is 0 Å². The van der Waals surface area contributed by atoms with Crippen LogP contribution in [-0.4, -0.2) is 31.3 Å². The summed E-state index contributed by atoms with van der Waals surface area (Å²) in [4.78, 5) is 30.1. The summed E-state index contributed by atoms with van der Waals surface area (Å²) in [5.74, 6) is -0.427. The highest BCUT2D eigenvalue weighted by atomic mass is 35.5. The van der Waals surface area contributed by atoms with Crippen LogP contribution in [0.15, 0.2) is 69.2 Å². The molecule has 0 atom stereocenters. The van der Waals surface area contributed by atoms with Gasteiger partial charge in [-0.15, -0.1) is 0 Å². The van der Waals surface area contributed by atoms with Gasteiger partial charge in [0.2, 0.25) is 0 Å². The summed E-state index contributed by atoms with van der Waals surface area (Å²) < 4.78 is 6.81. The molecule has 4 aromatic rings. The molecule has 2 heterocycles. The second kappa shape index (κ2) is 8.25. The van der Waals surface area contributed by atoms with Gasteiger partial charge >= 0.3 is 0 Å². The number of rotatable bonds is 6. The minimum Gasteiger partial charge on any atom is -0.504 e. The largest absolute Gasteiger partial charge is 0.504 e. The van der Waals surface area contributed by atoms with Gasteiger partial charge in [0.25, 0.3) is 5.56 Å². The topological polar surface area (TPSA) is 106 Å². The zero-order valence-corrected chi connectivity index (χ0v) is 17.0. The third kappa shape index (κ3) is 4.05. The van der Waals surface area contributed by atoms with E-state index in [1.807, 2.05) is 0 Å². The van der Waals surface area contributed by atoms with Gasteiger partial charge in [-0.1, -0.05) is 23.4 Å². The predicted octanol–water partition coefficient (Wildman–Crippen LogP) is 4.08. The number of nitrogens with zero attached hydrogens (tertiary/aromatic N) is 2. The standard InChI is InChI=1S/C21H15ClN2O5S/c22-13-4-5-15-16(9-13)23-21(24(20(15)28)10-14-2-1-7-29-14)30-11-19(27)12-3-6-17(25)18(26)8-12/h1-9,25-26H,10-11H2. The number of furan rings is 1. The quantitative estimate of drug-likeness (QED) is 0.200. The lowest BCUT2D eigenvalue weighted by atomic mass is 10.1. The summed E-state index contributed by atoms with van der Waals surface area (Å²) in [6, 6.07) is 12.2. The number of benzene rings is 2. The minimum atomic E-state index is -0.376. The smallest absolute Gasteiger partial charge is 0.262 e. The first-order valence-corrected chi connectivity index (χ1v) is 10.2. The molecule has 0 aliphatic rings. The molecule has 7 nitrogen and oxygen atoms in total. The van der Waals surface area contributed by atoms with E-state index in [9.17, 15) is 19.8 Å².